The molecule has 112 valence electrons. The van der Waals surface area contributed by atoms with E-state index in [9.17, 15) is 4.79 Å². The van der Waals surface area contributed by atoms with Crippen molar-refractivity contribution < 1.29 is 14.3 Å². The standard InChI is InChI=1S/C19H18O3/c1-2-19(20)22-15-14-21-18-11-7-6-10-17(18)13-12-16-8-4-3-5-9-16/h2-13H,1,14-15H2. The maximum Gasteiger partial charge on any atom is 0.330 e. The number of carbonyl (C=O) groups excluding carboxylic acids is 1. The average molecular weight is 294 g/mol. The molecule has 0 aliphatic carbocycles. The number of esters is 1. The normalized spacial score (nSPS) is 10.4. The number of para-hydroxylation sites is 1. The Hall–Kier alpha value is -2.81. The van der Waals surface area contributed by atoms with Gasteiger partial charge in [-0.3, -0.25) is 0 Å². The first-order chi connectivity index (χ1) is 10.8. The minimum Gasteiger partial charge on any atom is -0.489 e. The summed E-state index contributed by atoms with van der Waals surface area (Å²) in [7, 11) is 0. The van der Waals surface area contributed by atoms with Gasteiger partial charge in [-0.1, -0.05) is 67.3 Å². The van der Waals surface area contributed by atoms with Crippen molar-refractivity contribution in [2.24, 2.45) is 0 Å². The molecule has 0 aromatic heterocycles. The zero-order valence-corrected chi connectivity index (χ0v) is 12.3. The Balaban J connectivity index is 1.96. The van der Waals surface area contributed by atoms with Crippen molar-refractivity contribution in [2.45, 2.75) is 0 Å². The highest BCUT2D eigenvalue weighted by atomic mass is 16.6. The van der Waals surface area contributed by atoms with E-state index in [1.807, 2.05) is 66.7 Å². The zero-order chi connectivity index (χ0) is 15.6. The molecule has 2 aromatic carbocycles. The Morgan fingerprint density at radius 2 is 1.68 bits per heavy atom. The summed E-state index contributed by atoms with van der Waals surface area (Å²) in [5.41, 5.74) is 2.10. The van der Waals surface area contributed by atoms with Crippen LogP contribution in [0.5, 0.6) is 5.75 Å². The number of hydrogen-bond acceptors (Lipinski definition) is 3. The predicted octanol–water partition coefficient (Wildman–Crippen LogP) is 3.97. The number of carbonyl (C=O) groups is 1. The molecule has 0 amide bonds. The third-order valence-electron chi connectivity index (χ3n) is 2.93. The Labute approximate surface area is 130 Å². The van der Waals surface area contributed by atoms with Gasteiger partial charge in [-0.2, -0.15) is 0 Å². The summed E-state index contributed by atoms with van der Waals surface area (Å²) >= 11 is 0. The van der Waals surface area contributed by atoms with Crippen LogP contribution >= 0.6 is 0 Å². The Bertz CT molecular complexity index is 645. The van der Waals surface area contributed by atoms with E-state index in [0.717, 1.165) is 23.0 Å². The fourth-order valence-electron chi connectivity index (χ4n) is 1.85. The van der Waals surface area contributed by atoms with Crippen LogP contribution in [0, 0.1) is 0 Å². The first kappa shape index (κ1) is 15.6. The van der Waals surface area contributed by atoms with Crippen molar-refractivity contribution in [1.82, 2.24) is 0 Å². The van der Waals surface area contributed by atoms with E-state index in [1.165, 1.54) is 0 Å². The van der Waals surface area contributed by atoms with Crippen LogP contribution < -0.4 is 4.74 Å². The van der Waals surface area contributed by atoms with Gasteiger partial charge in [-0.25, -0.2) is 4.79 Å². The molecule has 2 rings (SSSR count). The molecule has 0 saturated heterocycles. The van der Waals surface area contributed by atoms with Gasteiger partial charge in [0.15, 0.2) is 0 Å². The lowest BCUT2D eigenvalue weighted by molar-refractivity contribution is -0.138. The molecular weight excluding hydrogens is 276 g/mol. The van der Waals surface area contributed by atoms with E-state index in [2.05, 4.69) is 6.58 Å². The summed E-state index contributed by atoms with van der Waals surface area (Å²) in [6, 6.07) is 17.8. The Morgan fingerprint density at radius 3 is 2.45 bits per heavy atom. The molecular formula is C19H18O3. The van der Waals surface area contributed by atoms with Gasteiger partial charge in [0.25, 0.3) is 0 Å². The molecule has 0 N–H and O–H groups in total. The molecule has 3 heteroatoms. The largest absolute Gasteiger partial charge is 0.489 e. The topological polar surface area (TPSA) is 35.5 Å². The van der Waals surface area contributed by atoms with Gasteiger partial charge in [0.05, 0.1) is 0 Å². The van der Waals surface area contributed by atoms with Gasteiger partial charge in [0.2, 0.25) is 0 Å². The number of hydrogen-bond donors (Lipinski definition) is 0. The summed E-state index contributed by atoms with van der Waals surface area (Å²) in [6.45, 7) is 3.84. The van der Waals surface area contributed by atoms with Gasteiger partial charge in [0.1, 0.15) is 19.0 Å². The smallest absolute Gasteiger partial charge is 0.330 e. The Kier molecular flexibility index (Phi) is 6.00. The van der Waals surface area contributed by atoms with Crippen molar-refractivity contribution in [3.8, 4) is 5.75 Å². The average Bonchev–Trinajstić information content (AvgIpc) is 2.58. The van der Waals surface area contributed by atoms with Gasteiger partial charge >= 0.3 is 5.97 Å². The summed E-state index contributed by atoms with van der Waals surface area (Å²) in [5, 5.41) is 0. The van der Waals surface area contributed by atoms with E-state index in [1.54, 1.807) is 0 Å². The lowest BCUT2D eigenvalue weighted by Crippen LogP contribution is -2.10. The van der Waals surface area contributed by atoms with Crippen LogP contribution in [0.15, 0.2) is 67.3 Å². The number of benzene rings is 2. The van der Waals surface area contributed by atoms with Crippen LogP contribution in [0.4, 0.5) is 0 Å². The predicted molar refractivity (Wildman–Crippen MR) is 88.5 cm³/mol. The van der Waals surface area contributed by atoms with Crippen molar-refractivity contribution in [1.29, 1.82) is 0 Å². The molecule has 0 aliphatic heterocycles. The summed E-state index contributed by atoms with van der Waals surface area (Å²) in [4.78, 5) is 10.9. The molecule has 2 aromatic rings. The van der Waals surface area contributed by atoms with Crippen LogP contribution in [0.3, 0.4) is 0 Å². The lowest BCUT2D eigenvalue weighted by atomic mass is 10.1. The molecule has 0 fully saturated rings. The first-order valence-electron chi connectivity index (χ1n) is 7.04. The van der Waals surface area contributed by atoms with E-state index < -0.39 is 5.97 Å². The van der Waals surface area contributed by atoms with Gasteiger partial charge in [-0.05, 0) is 11.6 Å². The number of ether oxygens (including phenoxy) is 2. The summed E-state index contributed by atoms with van der Waals surface area (Å²) in [5.74, 6) is 0.310. The Morgan fingerprint density at radius 1 is 0.955 bits per heavy atom. The molecule has 0 radical (unpaired) electrons. The van der Waals surface area contributed by atoms with Crippen LogP contribution in [0.25, 0.3) is 12.2 Å². The third kappa shape index (κ3) is 4.94. The highest BCUT2D eigenvalue weighted by Crippen LogP contribution is 2.20. The second-order valence-electron chi connectivity index (χ2n) is 4.50. The van der Waals surface area contributed by atoms with Gasteiger partial charge < -0.3 is 9.47 Å². The maximum atomic E-state index is 10.9. The third-order valence-corrected chi connectivity index (χ3v) is 2.93. The quantitative estimate of drug-likeness (QED) is 0.335. The summed E-state index contributed by atoms with van der Waals surface area (Å²) < 4.78 is 10.5. The highest BCUT2D eigenvalue weighted by molar-refractivity contribution is 5.81. The van der Waals surface area contributed by atoms with E-state index in [0.29, 0.717) is 6.61 Å². The van der Waals surface area contributed by atoms with E-state index in [4.69, 9.17) is 9.47 Å². The molecule has 0 bridgehead atoms. The fourth-order valence-corrected chi connectivity index (χ4v) is 1.85. The SMILES string of the molecule is C=CC(=O)OCCOc1ccccc1C=Cc1ccccc1. The fraction of sp³-hybridized carbons (Fsp3) is 0.105. The van der Waals surface area contributed by atoms with Gasteiger partial charge in [0, 0.05) is 11.6 Å². The van der Waals surface area contributed by atoms with Crippen LogP contribution in [0.2, 0.25) is 0 Å². The van der Waals surface area contributed by atoms with E-state index >= 15 is 0 Å². The monoisotopic (exact) mass is 294 g/mol. The molecule has 0 heterocycles. The molecule has 0 spiro atoms. The number of rotatable bonds is 7. The molecule has 0 aliphatic rings. The summed E-state index contributed by atoms with van der Waals surface area (Å²) in [6.07, 6.45) is 5.16. The minimum atomic E-state index is -0.444. The van der Waals surface area contributed by atoms with Crippen LogP contribution in [-0.2, 0) is 9.53 Å². The second-order valence-corrected chi connectivity index (χ2v) is 4.50. The molecule has 0 unspecified atom stereocenters. The van der Waals surface area contributed by atoms with Crippen molar-refractivity contribution in [2.75, 3.05) is 13.2 Å². The van der Waals surface area contributed by atoms with Crippen molar-refractivity contribution >= 4 is 18.1 Å². The van der Waals surface area contributed by atoms with E-state index in [-0.39, 0.29) is 6.61 Å². The second kappa shape index (κ2) is 8.47. The molecule has 22 heavy (non-hydrogen) atoms. The lowest BCUT2D eigenvalue weighted by Gasteiger charge is -2.09. The minimum absolute atomic E-state index is 0.196. The molecule has 0 saturated carbocycles. The van der Waals surface area contributed by atoms with Crippen LogP contribution in [-0.4, -0.2) is 19.2 Å². The van der Waals surface area contributed by atoms with Crippen LogP contribution in [0.1, 0.15) is 11.1 Å². The van der Waals surface area contributed by atoms with Gasteiger partial charge in [-0.15, -0.1) is 0 Å². The maximum absolute atomic E-state index is 10.9. The molecule has 3 nitrogen and oxygen atoms in total. The zero-order valence-electron chi connectivity index (χ0n) is 12.3. The highest BCUT2D eigenvalue weighted by Gasteiger charge is 2.01. The molecule has 0 atom stereocenters. The van der Waals surface area contributed by atoms with Crippen molar-refractivity contribution in [3.05, 3.63) is 78.4 Å². The van der Waals surface area contributed by atoms with Crippen molar-refractivity contribution in [3.63, 3.8) is 0 Å². The first-order valence-corrected chi connectivity index (χ1v) is 7.04.